The normalized spacial score (nSPS) is 12.5. The lowest BCUT2D eigenvalue weighted by Gasteiger charge is -2.13. The maximum absolute atomic E-state index is 11.2. The zero-order valence-electron chi connectivity index (χ0n) is 11.3. The molecule has 0 fully saturated rings. The predicted molar refractivity (Wildman–Crippen MR) is 76.2 cm³/mol. The first-order valence-electron chi connectivity index (χ1n) is 6.43. The van der Waals surface area contributed by atoms with Gasteiger partial charge in [0.15, 0.2) is 5.76 Å². The van der Waals surface area contributed by atoms with Crippen molar-refractivity contribution < 1.29 is 19.4 Å². The van der Waals surface area contributed by atoms with Gasteiger partial charge in [-0.3, -0.25) is 4.98 Å². The van der Waals surface area contributed by atoms with E-state index < -0.39 is 12.1 Å². The summed E-state index contributed by atoms with van der Waals surface area (Å²) in [6.45, 7) is 1.82. The summed E-state index contributed by atoms with van der Waals surface area (Å²) in [6, 6.07) is 10.5. The minimum atomic E-state index is -1.15. The molecule has 1 unspecified atom stereocenters. The Morgan fingerprint density at radius 3 is 2.81 bits per heavy atom. The third kappa shape index (κ3) is 2.28. The molecule has 2 N–H and O–H groups in total. The van der Waals surface area contributed by atoms with Gasteiger partial charge in [-0.25, -0.2) is 4.79 Å². The molecule has 5 nitrogen and oxygen atoms in total. The van der Waals surface area contributed by atoms with Gasteiger partial charge in [0.1, 0.15) is 11.7 Å². The summed E-state index contributed by atoms with van der Waals surface area (Å²) in [5.41, 5.74) is 2.03. The van der Waals surface area contributed by atoms with Gasteiger partial charge in [-0.05, 0) is 30.7 Å². The Morgan fingerprint density at radius 1 is 1.29 bits per heavy atom. The summed E-state index contributed by atoms with van der Waals surface area (Å²) in [6.07, 6.45) is 0.107. The monoisotopic (exact) mass is 283 g/mol. The number of furan rings is 1. The number of rotatable bonds is 3. The molecule has 3 rings (SSSR count). The van der Waals surface area contributed by atoms with Gasteiger partial charge in [-0.1, -0.05) is 18.2 Å². The van der Waals surface area contributed by atoms with Crippen LogP contribution in [0.2, 0.25) is 0 Å². The number of nitrogens with zero attached hydrogens (tertiary/aromatic N) is 1. The predicted octanol–water partition coefficient (Wildman–Crippen LogP) is 2.92. The van der Waals surface area contributed by atoms with Crippen LogP contribution in [0.5, 0.6) is 0 Å². The molecule has 0 bridgehead atoms. The van der Waals surface area contributed by atoms with Gasteiger partial charge in [0, 0.05) is 11.1 Å². The van der Waals surface area contributed by atoms with Gasteiger partial charge in [-0.15, -0.1) is 0 Å². The van der Waals surface area contributed by atoms with Gasteiger partial charge < -0.3 is 14.6 Å². The zero-order chi connectivity index (χ0) is 15.0. The smallest absolute Gasteiger partial charge is 0.339 e. The maximum Gasteiger partial charge on any atom is 0.339 e. The number of aromatic carboxylic acids is 1. The van der Waals surface area contributed by atoms with E-state index in [4.69, 9.17) is 9.52 Å². The molecule has 0 saturated heterocycles. The van der Waals surface area contributed by atoms with E-state index in [2.05, 4.69) is 4.98 Å². The standard InChI is InChI=1S/C16H13NO4/c1-9-8-12(10-4-2-3-5-13(10)17-9)14(18)15-11(16(19)20)6-7-21-15/h2-8,14,18H,1H3,(H,19,20). The van der Waals surface area contributed by atoms with Crippen molar-refractivity contribution in [2.24, 2.45) is 0 Å². The molecule has 0 aliphatic heterocycles. The zero-order valence-corrected chi connectivity index (χ0v) is 11.3. The largest absolute Gasteiger partial charge is 0.478 e. The fourth-order valence-electron chi connectivity index (χ4n) is 2.42. The SMILES string of the molecule is Cc1cc(C(O)c2occc2C(=O)O)c2ccccc2n1. The number of aryl methyl sites for hydroxylation is 1. The fraction of sp³-hybridized carbons (Fsp3) is 0.125. The molecular formula is C16H13NO4. The van der Waals surface area contributed by atoms with Gasteiger partial charge >= 0.3 is 5.97 Å². The second-order valence-electron chi connectivity index (χ2n) is 4.78. The van der Waals surface area contributed by atoms with Gasteiger partial charge in [0.05, 0.1) is 11.8 Å². The second kappa shape index (κ2) is 5.03. The average molecular weight is 283 g/mol. The van der Waals surface area contributed by atoms with Crippen LogP contribution in [0.25, 0.3) is 10.9 Å². The van der Waals surface area contributed by atoms with Crippen molar-refractivity contribution in [2.75, 3.05) is 0 Å². The minimum absolute atomic E-state index is 0.0262. The lowest BCUT2D eigenvalue weighted by molar-refractivity contribution is 0.0687. The van der Waals surface area contributed by atoms with Gasteiger partial charge in [0.2, 0.25) is 0 Å². The minimum Gasteiger partial charge on any atom is -0.478 e. The topological polar surface area (TPSA) is 83.6 Å². The molecule has 0 radical (unpaired) electrons. The van der Waals surface area contributed by atoms with E-state index in [0.29, 0.717) is 5.56 Å². The number of para-hydroxylation sites is 1. The fourth-order valence-corrected chi connectivity index (χ4v) is 2.42. The molecule has 106 valence electrons. The lowest BCUT2D eigenvalue weighted by Crippen LogP contribution is -2.07. The van der Waals surface area contributed by atoms with Crippen LogP contribution in [0.15, 0.2) is 47.1 Å². The molecule has 1 aromatic carbocycles. The van der Waals surface area contributed by atoms with E-state index in [-0.39, 0.29) is 11.3 Å². The summed E-state index contributed by atoms with van der Waals surface area (Å²) < 4.78 is 5.18. The molecule has 0 aliphatic rings. The summed E-state index contributed by atoms with van der Waals surface area (Å²) in [7, 11) is 0. The number of carbonyl (C=O) groups is 1. The van der Waals surface area contributed by atoms with Crippen LogP contribution in [-0.4, -0.2) is 21.2 Å². The van der Waals surface area contributed by atoms with Crippen molar-refractivity contribution in [3.63, 3.8) is 0 Å². The number of pyridine rings is 1. The number of fused-ring (bicyclic) bond motifs is 1. The van der Waals surface area contributed by atoms with Crippen molar-refractivity contribution in [3.05, 3.63) is 65.2 Å². The van der Waals surface area contributed by atoms with Gasteiger partial charge in [0.25, 0.3) is 0 Å². The summed E-state index contributed by atoms with van der Waals surface area (Å²) in [5, 5.41) is 20.4. The highest BCUT2D eigenvalue weighted by atomic mass is 16.4. The lowest BCUT2D eigenvalue weighted by atomic mass is 9.99. The summed E-state index contributed by atoms with van der Waals surface area (Å²) in [5.74, 6) is -1.11. The second-order valence-corrected chi connectivity index (χ2v) is 4.78. The summed E-state index contributed by atoms with van der Waals surface area (Å²) >= 11 is 0. The summed E-state index contributed by atoms with van der Waals surface area (Å²) in [4.78, 5) is 15.6. The maximum atomic E-state index is 11.2. The number of hydrogen-bond acceptors (Lipinski definition) is 4. The van der Waals surface area contributed by atoms with Crippen LogP contribution in [0.4, 0.5) is 0 Å². The Labute approximate surface area is 120 Å². The Balaban J connectivity index is 2.20. The number of hydrogen-bond donors (Lipinski definition) is 2. The molecule has 0 spiro atoms. The number of carboxylic acids is 1. The Bertz CT molecular complexity index is 822. The first-order chi connectivity index (χ1) is 10.1. The van der Waals surface area contributed by atoms with Crippen molar-refractivity contribution >= 4 is 16.9 Å². The first kappa shape index (κ1) is 13.3. The van der Waals surface area contributed by atoms with Crippen LogP contribution in [-0.2, 0) is 0 Å². The highest BCUT2D eigenvalue weighted by Crippen LogP contribution is 2.31. The highest BCUT2D eigenvalue weighted by molar-refractivity contribution is 5.89. The molecule has 0 saturated carbocycles. The molecule has 0 amide bonds. The molecule has 3 aromatic rings. The first-order valence-corrected chi connectivity index (χ1v) is 6.43. The van der Waals surface area contributed by atoms with Crippen molar-refractivity contribution in [2.45, 2.75) is 13.0 Å². The van der Waals surface area contributed by atoms with Crippen molar-refractivity contribution in [1.29, 1.82) is 0 Å². The van der Waals surface area contributed by atoms with Gasteiger partial charge in [-0.2, -0.15) is 0 Å². The molecule has 21 heavy (non-hydrogen) atoms. The van der Waals surface area contributed by atoms with Crippen LogP contribution in [0, 0.1) is 6.92 Å². The van der Waals surface area contributed by atoms with Crippen LogP contribution >= 0.6 is 0 Å². The number of aromatic nitrogens is 1. The third-order valence-corrected chi connectivity index (χ3v) is 3.34. The van der Waals surface area contributed by atoms with E-state index >= 15 is 0 Å². The molecule has 0 aliphatic carbocycles. The third-order valence-electron chi connectivity index (χ3n) is 3.34. The Morgan fingerprint density at radius 2 is 2.05 bits per heavy atom. The van der Waals surface area contributed by atoms with Crippen LogP contribution < -0.4 is 0 Å². The molecule has 5 heteroatoms. The van der Waals surface area contributed by atoms with E-state index in [1.54, 1.807) is 6.07 Å². The van der Waals surface area contributed by atoms with E-state index in [0.717, 1.165) is 16.6 Å². The van der Waals surface area contributed by atoms with Crippen LogP contribution in [0.3, 0.4) is 0 Å². The van der Waals surface area contributed by atoms with E-state index in [1.807, 2.05) is 31.2 Å². The molecule has 1 atom stereocenters. The molecular weight excluding hydrogens is 270 g/mol. The number of benzene rings is 1. The van der Waals surface area contributed by atoms with Crippen molar-refractivity contribution in [1.82, 2.24) is 4.98 Å². The number of carboxylic acid groups (broad SMARTS) is 1. The Hall–Kier alpha value is -2.66. The van der Waals surface area contributed by atoms with E-state index in [1.165, 1.54) is 12.3 Å². The number of aliphatic hydroxyl groups excluding tert-OH is 1. The van der Waals surface area contributed by atoms with E-state index in [9.17, 15) is 9.90 Å². The highest BCUT2D eigenvalue weighted by Gasteiger charge is 2.24. The van der Waals surface area contributed by atoms with Crippen LogP contribution in [0.1, 0.15) is 33.5 Å². The average Bonchev–Trinajstić information content (AvgIpc) is 2.95. The molecule has 2 heterocycles. The molecule has 2 aromatic heterocycles. The Kier molecular flexibility index (Phi) is 3.19. The quantitative estimate of drug-likeness (QED) is 0.772. The van der Waals surface area contributed by atoms with Crippen molar-refractivity contribution in [3.8, 4) is 0 Å². The number of aliphatic hydroxyl groups is 1.